The SMILES string of the molecule is Cc1cc(C(=O)CCCS(C)(=O)=O)c(F)cc1F. The molecule has 0 aliphatic carbocycles. The third-order valence-electron chi connectivity index (χ3n) is 2.47. The molecule has 0 atom stereocenters. The molecule has 0 radical (unpaired) electrons. The Morgan fingerprint density at radius 1 is 1.22 bits per heavy atom. The van der Waals surface area contributed by atoms with Gasteiger partial charge in [-0.05, 0) is 25.0 Å². The van der Waals surface area contributed by atoms with Crippen LogP contribution in [0.3, 0.4) is 0 Å². The first kappa shape index (κ1) is 14.8. The summed E-state index contributed by atoms with van der Waals surface area (Å²) in [5.41, 5.74) is -0.00901. The summed E-state index contributed by atoms with van der Waals surface area (Å²) in [6.07, 6.45) is 1.13. The molecule has 0 saturated carbocycles. The van der Waals surface area contributed by atoms with E-state index in [1.54, 1.807) is 0 Å². The Balaban J connectivity index is 2.76. The van der Waals surface area contributed by atoms with Gasteiger partial charge in [-0.25, -0.2) is 17.2 Å². The van der Waals surface area contributed by atoms with E-state index in [0.717, 1.165) is 12.3 Å². The predicted molar refractivity (Wildman–Crippen MR) is 64.4 cm³/mol. The zero-order valence-corrected chi connectivity index (χ0v) is 11.0. The van der Waals surface area contributed by atoms with E-state index in [1.165, 1.54) is 6.92 Å². The number of sulfone groups is 1. The van der Waals surface area contributed by atoms with E-state index in [0.29, 0.717) is 6.07 Å². The Hall–Kier alpha value is -1.30. The van der Waals surface area contributed by atoms with Crippen LogP contribution in [-0.2, 0) is 9.84 Å². The maximum absolute atomic E-state index is 13.4. The molecule has 0 fully saturated rings. The second-order valence-corrected chi connectivity index (χ2v) is 6.50. The van der Waals surface area contributed by atoms with E-state index < -0.39 is 27.3 Å². The van der Waals surface area contributed by atoms with E-state index in [1.807, 2.05) is 0 Å². The lowest BCUT2D eigenvalue weighted by molar-refractivity contribution is 0.0978. The van der Waals surface area contributed by atoms with Gasteiger partial charge >= 0.3 is 0 Å². The fourth-order valence-corrected chi connectivity index (χ4v) is 2.17. The van der Waals surface area contributed by atoms with Gasteiger partial charge in [0.25, 0.3) is 0 Å². The summed E-state index contributed by atoms with van der Waals surface area (Å²) in [4.78, 5) is 11.7. The third kappa shape index (κ3) is 4.18. The molecule has 6 heteroatoms. The van der Waals surface area contributed by atoms with E-state index in [4.69, 9.17) is 0 Å². The minimum Gasteiger partial charge on any atom is -0.294 e. The normalized spacial score (nSPS) is 11.6. The van der Waals surface area contributed by atoms with Crippen LogP contribution < -0.4 is 0 Å². The van der Waals surface area contributed by atoms with Crippen LogP contribution in [0, 0.1) is 18.6 Å². The van der Waals surface area contributed by atoms with Crippen molar-refractivity contribution in [3.05, 3.63) is 34.9 Å². The van der Waals surface area contributed by atoms with Crippen LogP contribution in [0.5, 0.6) is 0 Å². The average molecular weight is 276 g/mol. The molecule has 1 rings (SSSR count). The minimum atomic E-state index is -3.13. The molecule has 0 aromatic heterocycles. The molecule has 0 aliphatic heterocycles. The molecule has 0 heterocycles. The highest BCUT2D eigenvalue weighted by Gasteiger charge is 2.15. The molecule has 0 bridgehead atoms. The average Bonchev–Trinajstić information content (AvgIpc) is 2.21. The molecule has 0 spiro atoms. The molecule has 18 heavy (non-hydrogen) atoms. The molecule has 0 amide bonds. The largest absolute Gasteiger partial charge is 0.294 e. The van der Waals surface area contributed by atoms with E-state index >= 15 is 0 Å². The highest BCUT2D eigenvalue weighted by molar-refractivity contribution is 7.90. The maximum Gasteiger partial charge on any atom is 0.165 e. The van der Waals surface area contributed by atoms with Crippen molar-refractivity contribution >= 4 is 15.6 Å². The standard InChI is InChI=1S/C12H14F2O3S/c1-8-6-9(11(14)7-10(8)13)12(15)4-3-5-18(2,16)17/h6-7H,3-5H2,1-2H3. The molecule has 3 nitrogen and oxygen atoms in total. The first-order valence-electron chi connectivity index (χ1n) is 5.37. The van der Waals surface area contributed by atoms with Crippen molar-refractivity contribution in [2.75, 3.05) is 12.0 Å². The molecular weight excluding hydrogens is 262 g/mol. The van der Waals surface area contributed by atoms with Crippen LogP contribution in [0.1, 0.15) is 28.8 Å². The number of carbonyl (C=O) groups excluding carboxylic acids is 1. The smallest absolute Gasteiger partial charge is 0.165 e. The van der Waals surface area contributed by atoms with E-state index in [9.17, 15) is 22.0 Å². The predicted octanol–water partition coefficient (Wildman–Crippen LogP) is 2.28. The lowest BCUT2D eigenvalue weighted by atomic mass is 10.0. The Bertz CT molecular complexity index is 565. The van der Waals surface area contributed by atoms with Crippen molar-refractivity contribution in [3.8, 4) is 0 Å². The zero-order chi connectivity index (χ0) is 13.9. The van der Waals surface area contributed by atoms with Gasteiger partial charge in [0.2, 0.25) is 0 Å². The number of benzene rings is 1. The summed E-state index contributed by atoms with van der Waals surface area (Å²) >= 11 is 0. The number of halogens is 2. The van der Waals surface area contributed by atoms with Crippen molar-refractivity contribution in [2.24, 2.45) is 0 Å². The van der Waals surface area contributed by atoms with Gasteiger partial charge in [0, 0.05) is 18.7 Å². The first-order valence-corrected chi connectivity index (χ1v) is 7.43. The second kappa shape index (κ2) is 5.56. The molecule has 1 aromatic carbocycles. The molecule has 0 aliphatic rings. The molecule has 0 saturated heterocycles. The topological polar surface area (TPSA) is 51.2 Å². The highest BCUT2D eigenvalue weighted by Crippen LogP contribution is 2.16. The van der Waals surface area contributed by atoms with Crippen LogP contribution in [-0.4, -0.2) is 26.2 Å². The molecule has 100 valence electrons. The summed E-state index contributed by atoms with van der Waals surface area (Å²) in [5, 5.41) is 0. The molecule has 1 aromatic rings. The molecule has 0 N–H and O–H groups in total. The number of hydrogen-bond donors (Lipinski definition) is 0. The second-order valence-electron chi connectivity index (χ2n) is 4.24. The molecular formula is C12H14F2O3S. The van der Waals surface area contributed by atoms with E-state index in [2.05, 4.69) is 0 Å². The third-order valence-corrected chi connectivity index (χ3v) is 3.50. The number of carbonyl (C=O) groups is 1. The maximum atomic E-state index is 13.4. The van der Waals surface area contributed by atoms with Crippen molar-refractivity contribution < 1.29 is 22.0 Å². The van der Waals surface area contributed by atoms with Gasteiger partial charge in [0.05, 0.1) is 11.3 Å². The lowest BCUT2D eigenvalue weighted by Gasteiger charge is -2.05. The zero-order valence-electron chi connectivity index (χ0n) is 10.2. The Labute approximate surface area is 105 Å². The van der Waals surface area contributed by atoms with Gasteiger partial charge in [-0.3, -0.25) is 4.79 Å². The van der Waals surface area contributed by atoms with Crippen LogP contribution in [0.15, 0.2) is 12.1 Å². The minimum absolute atomic E-state index is 0.0743. The number of hydrogen-bond acceptors (Lipinski definition) is 3. The van der Waals surface area contributed by atoms with Gasteiger partial charge < -0.3 is 0 Å². The lowest BCUT2D eigenvalue weighted by Crippen LogP contribution is -2.08. The summed E-state index contributed by atoms with van der Waals surface area (Å²) in [6, 6.07) is 1.81. The molecule has 0 unspecified atom stereocenters. The number of ketones is 1. The highest BCUT2D eigenvalue weighted by atomic mass is 32.2. The summed E-state index contributed by atoms with van der Waals surface area (Å²) in [5.74, 6) is -2.26. The number of rotatable bonds is 5. The van der Waals surface area contributed by atoms with Crippen LogP contribution in [0.4, 0.5) is 8.78 Å². The van der Waals surface area contributed by atoms with Gasteiger partial charge in [-0.1, -0.05) is 0 Å². The van der Waals surface area contributed by atoms with Crippen molar-refractivity contribution in [1.29, 1.82) is 0 Å². The van der Waals surface area contributed by atoms with E-state index in [-0.39, 0.29) is 29.7 Å². The van der Waals surface area contributed by atoms with Gasteiger partial charge in [-0.2, -0.15) is 0 Å². The van der Waals surface area contributed by atoms with Gasteiger partial charge in [-0.15, -0.1) is 0 Å². The van der Waals surface area contributed by atoms with Crippen LogP contribution >= 0.6 is 0 Å². The van der Waals surface area contributed by atoms with Crippen molar-refractivity contribution in [2.45, 2.75) is 19.8 Å². The van der Waals surface area contributed by atoms with Gasteiger partial charge in [0.1, 0.15) is 21.5 Å². The summed E-state index contributed by atoms with van der Waals surface area (Å²) < 4.78 is 48.1. The Morgan fingerprint density at radius 2 is 1.83 bits per heavy atom. The summed E-state index contributed by atoms with van der Waals surface area (Å²) in [6.45, 7) is 1.43. The Kier molecular flexibility index (Phi) is 4.56. The fourth-order valence-electron chi connectivity index (χ4n) is 1.50. The quantitative estimate of drug-likeness (QED) is 0.775. The fraction of sp³-hybridized carbons (Fsp3) is 0.417. The van der Waals surface area contributed by atoms with Crippen LogP contribution in [0.25, 0.3) is 0 Å². The first-order chi connectivity index (χ1) is 8.20. The van der Waals surface area contributed by atoms with Gasteiger partial charge in [0.15, 0.2) is 5.78 Å². The van der Waals surface area contributed by atoms with Crippen LogP contribution in [0.2, 0.25) is 0 Å². The van der Waals surface area contributed by atoms with Crippen molar-refractivity contribution in [1.82, 2.24) is 0 Å². The monoisotopic (exact) mass is 276 g/mol. The van der Waals surface area contributed by atoms with Crippen molar-refractivity contribution in [3.63, 3.8) is 0 Å². The Morgan fingerprint density at radius 3 is 2.39 bits per heavy atom. The number of aryl methyl sites for hydroxylation is 1. The number of Topliss-reactive ketones (excluding diaryl/α,β-unsaturated/α-hetero) is 1. The summed E-state index contributed by atoms with van der Waals surface area (Å²) in [7, 11) is -3.13.